The largest absolute Gasteiger partial charge is 0.491 e. The maximum Gasteiger partial charge on any atom is 0.190 e. The molecule has 2 aromatic carbocycles. The van der Waals surface area contributed by atoms with E-state index in [-0.39, 0.29) is 5.75 Å². The fraction of sp³-hybridized carbons (Fsp3) is 0.200. The number of nitrogens with one attached hydrogen (secondary N) is 1. The van der Waals surface area contributed by atoms with E-state index in [2.05, 4.69) is 10.1 Å². The molecular formula is C15H15F2NO. The van der Waals surface area contributed by atoms with Gasteiger partial charge in [-0.05, 0) is 12.0 Å². The molecule has 0 radical (unpaired) electrons. The molecule has 0 unspecified atom stereocenters. The summed E-state index contributed by atoms with van der Waals surface area (Å²) in [5.74, 6) is -1.76. The summed E-state index contributed by atoms with van der Waals surface area (Å²) in [6.45, 7) is 0.606. The van der Waals surface area contributed by atoms with E-state index in [1.807, 2.05) is 30.3 Å². The maximum atomic E-state index is 13.5. The number of ether oxygens (including phenoxy) is 1. The van der Waals surface area contributed by atoms with Crippen LogP contribution >= 0.6 is 0 Å². The van der Waals surface area contributed by atoms with Crippen molar-refractivity contribution in [1.29, 1.82) is 0 Å². The topological polar surface area (TPSA) is 21.3 Å². The third-order valence-electron chi connectivity index (χ3n) is 2.79. The molecule has 0 aliphatic heterocycles. The highest BCUT2D eigenvalue weighted by atomic mass is 19.1. The number of hydrogen-bond donors (Lipinski definition) is 1. The van der Waals surface area contributed by atoms with Crippen molar-refractivity contribution in [2.75, 3.05) is 19.0 Å². The van der Waals surface area contributed by atoms with Gasteiger partial charge in [0.05, 0.1) is 7.11 Å². The highest BCUT2D eigenvalue weighted by molar-refractivity contribution is 5.48. The molecule has 0 bridgehead atoms. The molecule has 4 heteroatoms. The van der Waals surface area contributed by atoms with Gasteiger partial charge in [-0.25, -0.2) is 8.78 Å². The van der Waals surface area contributed by atoms with Gasteiger partial charge in [0, 0.05) is 24.4 Å². The first-order chi connectivity index (χ1) is 9.20. The summed E-state index contributed by atoms with van der Waals surface area (Å²) < 4.78 is 31.5. The lowest BCUT2D eigenvalue weighted by atomic mass is 10.1. The number of hydrogen-bond acceptors (Lipinski definition) is 2. The molecule has 0 heterocycles. The van der Waals surface area contributed by atoms with Gasteiger partial charge in [0.25, 0.3) is 0 Å². The molecule has 2 nitrogen and oxygen atoms in total. The molecule has 0 aliphatic rings. The van der Waals surface area contributed by atoms with Crippen LogP contribution in [0.1, 0.15) is 5.56 Å². The van der Waals surface area contributed by atoms with Gasteiger partial charge in [-0.2, -0.15) is 0 Å². The summed E-state index contributed by atoms with van der Waals surface area (Å²) in [6, 6.07) is 12.4. The third-order valence-corrected chi connectivity index (χ3v) is 2.79. The fourth-order valence-corrected chi connectivity index (χ4v) is 1.85. The number of rotatable bonds is 5. The highest BCUT2D eigenvalue weighted by Gasteiger charge is 2.10. The minimum absolute atomic E-state index is 0.353. The lowest BCUT2D eigenvalue weighted by molar-refractivity contribution is 0.360. The minimum atomic E-state index is -0.704. The maximum absolute atomic E-state index is 13.5. The quantitative estimate of drug-likeness (QED) is 0.889. The molecule has 0 saturated heterocycles. The van der Waals surface area contributed by atoms with Gasteiger partial charge in [0.2, 0.25) is 0 Å². The Bertz CT molecular complexity index is 520. The van der Waals surface area contributed by atoms with Crippen LogP contribution in [-0.4, -0.2) is 13.7 Å². The lowest BCUT2D eigenvalue weighted by Gasteiger charge is -2.09. The predicted octanol–water partition coefficient (Wildman–Crippen LogP) is 3.63. The Morgan fingerprint density at radius 2 is 1.68 bits per heavy atom. The second-order valence-electron chi connectivity index (χ2n) is 4.14. The Hall–Kier alpha value is -2.10. The van der Waals surface area contributed by atoms with Gasteiger partial charge in [-0.1, -0.05) is 30.3 Å². The average Bonchev–Trinajstić information content (AvgIpc) is 2.40. The number of anilines is 1. The molecule has 0 atom stereocenters. The first kappa shape index (κ1) is 13.3. The third kappa shape index (κ3) is 3.44. The summed E-state index contributed by atoms with van der Waals surface area (Å²) in [6.07, 6.45) is 0.788. The van der Waals surface area contributed by atoms with Crippen molar-refractivity contribution >= 4 is 5.69 Å². The van der Waals surface area contributed by atoms with Crippen LogP contribution in [0.5, 0.6) is 5.75 Å². The van der Waals surface area contributed by atoms with Crippen LogP contribution in [0.25, 0.3) is 0 Å². The Morgan fingerprint density at radius 1 is 1.05 bits per heavy atom. The van der Waals surface area contributed by atoms with Crippen molar-refractivity contribution in [2.24, 2.45) is 0 Å². The molecular weight excluding hydrogens is 248 g/mol. The van der Waals surface area contributed by atoms with Gasteiger partial charge in [0.15, 0.2) is 17.4 Å². The molecule has 100 valence electrons. The summed E-state index contributed by atoms with van der Waals surface area (Å²) in [5.41, 5.74) is 1.58. The highest BCUT2D eigenvalue weighted by Crippen LogP contribution is 2.25. The van der Waals surface area contributed by atoms with E-state index in [1.165, 1.54) is 24.8 Å². The molecule has 0 saturated carbocycles. The number of methoxy groups -OCH3 is 1. The van der Waals surface area contributed by atoms with Crippen LogP contribution in [-0.2, 0) is 6.42 Å². The molecule has 2 aromatic rings. The molecule has 19 heavy (non-hydrogen) atoms. The van der Waals surface area contributed by atoms with E-state index in [9.17, 15) is 8.78 Å². The minimum Gasteiger partial charge on any atom is -0.491 e. The lowest BCUT2D eigenvalue weighted by Crippen LogP contribution is -2.06. The molecule has 0 amide bonds. The van der Waals surface area contributed by atoms with Crippen LogP contribution in [0.4, 0.5) is 14.5 Å². The molecule has 0 aliphatic carbocycles. The van der Waals surface area contributed by atoms with E-state index in [4.69, 9.17) is 0 Å². The zero-order valence-corrected chi connectivity index (χ0v) is 10.6. The Morgan fingerprint density at radius 3 is 2.26 bits per heavy atom. The first-order valence-electron chi connectivity index (χ1n) is 6.01. The van der Waals surface area contributed by atoms with E-state index < -0.39 is 11.6 Å². The van der Waals surface area contributed by atoms with Gasteiger partial charge < -0.3 is 10.1 Å². The Balaban J connectivity index is 1.97. The van der Waals surface area contributed by atoms with Crippen LogP contribution in [0.3, 0.4) is 0 Å². The van der Waals surface area contributed by atoms with Gasteiger partial charge in [0.1, 0.15) is 0 Å². The summed E-state index contributed by atoms with van der Waals surface area (Å²) >= 11 is 0. The van der Waals surface area contributed by atoms with Crippen molar-refractivity contribution in [3.8, 4) is 5.75 Å². The molecule has 0 fully saturated rings. The van der Waals surface area contributed by atoms with Gasteiger partial charge >= 0.3 is 0 Å². The van der Waals surface area contributed by atoms with Crippen molar-refractivity contribution in [3.05, 3.63) is 59.7 Å². The van der Waals surface area contributed by atoms with Crippen molar-refractivity contribution in [1.82, 2.24) is 0 Å². The van der Waals surface area contributed by atoms with Crippen molar-refractivity contribution < 1.29 is 13.5 Å². The second kappa shape index (κ2) is 6.18. The van der Waals surface area contributed by atoms with E-state index in [0.29, 0.717) is 12.2 Å². The smallest absolute Gasteiger partial charge is 0.190 e. The summed E-state index contributed by atoms with van der Waals surface area (Å²) in [4.78, 5) is 0. The molecule has 1 N–H and O–H groups in total. The number of halogens is 2. The van der Waals surface area contributed by atoms with Gasteiger partial charge in [-0.3, -0.25) is 0 Å². The number of benzene rings is 2. The zero-order chi connectivity index (χ0) is 13.7. The zero-order valence-electron chi connectivity index (χ0n) is 10.6. The standard InChI is InChI=1S/C15H15F2NO/c1-19-15-13(16)9-12(10-14(15)17)18-8-7-11-5-3-2-4-6-11/h2-6,9-10,18H,7-8H2,1H3. The van der Waals surface area contributed by atoms with E-state index in [0.717, 1.165) is 6.42 Å². The fourth-order valence-electron chi connectivity index (χ4n) is 1.85. The first-order valence-corrected chi connectivity index (χ1v) is 6.01. The molecule has 0 spiro atoms. The van der Waals surface area contributed by atoms with Crippen LogP contribution in [0, 0.1) is 11.6 Å². The van der Waals surface area contributed by atoms with Gasteiger partial charge in [-0.15, -0.1) is 0 Å². The van der Waals surface area contributed by atoms with Crippen molar-refractivity contribution in [3.63, 3.8) is 0 Å². The second-order valence-corrected chi connectivity index (χ2v) is 4.14. The average molecular weight is 263 g/mol. The normalized spacial score (nSPS) is 10.3. The van der Waals surface area contributed by atoms with E-state index >= 15 is 0 Å². The Labute approximate surface area is 111 Å². The molecule has 2 rings (SSSR count). The summed E-state index contributed by atoms with van der Waals surface area (Å²) in [7, 11) is 1.24. The SMILES string of the molecule is COc1c(F)cc(NCCc2ccccc2)cc1F. The predicted molar refractivity (Wildman–Crippen MR) is 71.5 cm³/mol. The molecule has 0 aromatic heterocycles. The monoisotopic (exact) mass is 263 g/mol. The van der Waals surface area contributed by atoms with Crippen molar-refractivity contribution in [2.45, 2.75) is 6.42 Å². The van der Waals surface area contributed by atoms with E-state index in [1.54, 1.807) is 0 Å². The van der Waals surface area contributed by atoms with Crippen LogP contribution in [0.15, 0.2) is 42.5 Å². The Kier molecular flexibility index (Phi) is 4.34. The van der Waals surface area contributed by atoms with Crippen LogP contribution in [0.2, 0.25) is 0 Å². The summed E-state index contributed by atoms with van der Waals surface area (Å²) in [5, 5.41) is 2.99. The van der Waals surface area contributed by atoms with Crippen LogP contribution < -0.4 is 10.1 Å².